The largest absolute Gasteiger partial charge is 0.0625 e. The minimum absolute atomic E-state index is 0. The van der Waals surface area contributed by atoms with E-state index in [1.54, 1.807) is 0 Å². The smallest absolute Gasteiger partial charge is 0 e. The Bertz CT molecular complexity index is 351. The Morgan fingerprint density at radius 3 is 1.52 bits per heavy atom. The number of benzene rings is 2. The van der Waals surface area contributed by atoms with E-state index >= 15 is 0 Å². The fourth-order valence-corrected chi connectivity index (χ4v) is 2.41. The molecule has 2 aromatic rings. The molecular formula is C22H31Sn. The molecule has 0 N–H and O–H groups in total. The van der Waals surface area contributed by atoms with Crippen molar-refractivity contribution >= 4 is 23.9 Å². The Hall–Kier alpha value is -0.761. The van der Waals surface area contributed by atoms with Crippen molar-refractivity contribution in [2.75, 3.05) is 0 Å². The molecule has 3 rings (SSSR count). The van der Waals surface area contributed by atoms with Gasteiger partial charge in [0.2, 0.25) is 0 Å². The summed E-state index contributed by atoms with van der Waals surface area (Å²) in [6.07, 6.45) is 6.75. The van der Waals surface area contributed by atoms with Crippen molar-refractivity contribution in [2.45, 2.75) is 40.0 Å². The molecule has 1 saturated carbocycles. The van der Waals surface area contributed by atoms with Gasteiger partial charge in [0.05, 0.1) is 0 Å². The summed E-state index contributed by atoms with van der Waals surface area (Å²) >= 11 is 0. The van der Waals surface area contributed by atoms with Gasteiger partial charge in [0.1, 0.15) is 0 Å². The topological polar surface area (TPSA) is 0 Å². The third-order valence-corrected chi connectivity index (χ3v) is 3.90. The van der Waals surface area contributed by atoms with Crippen molar-refractivity contribution in [3.63, 3.8) is 0 Å². The summed E-state index contributed by atoms with van der Waals surface area (Å²) in [4.78, 5) is 0. The van der Waals surface area contributed by atoms with E-state index in [2.05, 4.69) is 39.3 Å². The maximum Gasteiger partial charge on any atom is 0 e. The standard InChI is InChI=1S/C10H19.2C6H5.Sn.H2/c1-8(2)10-6-4-9(3)5-7-10;2*1-2-4-6-5-3-1;;/h6,8-10H,4-5,7H2,1-3H3;2*1-5H;;1H/t9-,10-;;;;/m1..../s1. The Labute approximate surface area is 162 Å². The van der Waals surface area contributed by atoms with Crippen molar-refractivity contribution in [1.29, 1.82) is 0 Å². The van der Waals surface area contributed by atoms with E-state index in [-0.39, 0.29) is 25.3 Å². The van der Waals surface area contributed by atoms with Crippen LogP contribution in [-0.4, -0.2) is 23.9 Å². The second-order valence-corrected chi connectivity index (χ2v) is 6.22. The first-order chi connectivity index (χ1) is 10.7. The quantitative estimate of drug-likeness (QED) is 0.493. The Morgan fingerprint density at radius 1 is 0.826 bits per heavy atom. The normalized spacial score (nSPS) is 19.3. The molecule has 7 radical (unpaired) electrons. The third kappa shape index (κ3) is 12.3. The van der Waals surface area contributed by atoms with Crippen molar-refractivity contribution in [1.82, 2.24) is 0 Å². The summed E-state index contributed by atoms with van der Waals surface area (Å²) in [5, 5.41) is 0. The molecule has 1 fully saturated rings. The molecule has 0 nitrogen and oxygen atoms in total. The fraction of sp³-hybridized carbons (Fsp3) is 0.409. The van der Waals surface area contributed by atoms with Gasteiger partial charge >= 0.3 is 0 Å². The molecule has 123 valence electrons. The van der Waals surface area contributed by atoms with E-state index in [1.165, 1.54) is 19.3 Å². The van der Waals surface area contributed by atoms with Crippen LogP contribution in [0.15, 0.2) is 60.7 Å². The first kappa shape index (κ1) is 22.2. The Balaban J connectivity index is 0. The molecule has 0 saturated heterocycles. The zero-order valence-electron chi connectivity index (χ0n) is 14.7. The summed E-state index contributed by atoms with van der Waals surface area (Å²) in [5.41, 5.74) is 0. The van der Waals surface area contributed by atoms with Crippen LogP contribution in [0.25, 0.3) is 0 Å². The molecule has 23 heavy (non-hydrogen) atoms. The zero-order valence-corrected chi connectivity index (χ0v) is 17.6. The van der Waals surface area contributed by atoms with Crippen LogP contribution in [0.5, 0.6) is 0 Å². The number of rotatable bonds is 1. The molecule has 1 aliphatic rings. The molecule has 0 amide bonds. The van der Waals surface area contributed by atoms with E-state index in [4.69, 9.17) is 0 Å². The third-order valence-electron chi connectivity index (χ3n) is 3.90. The predicted octanol–water partition coefficient (Wildman–Crippen LogP) is 6.12. The van der Waals surface area contributed by atoms with Crippen molar-refractivity contribution < 1.29 is 1.43 Å². The van der Waals surface area contributed by atoms with Gasteiger partial charge in [-0.3, -0.25) is 0 Å². The molecule has 0 bridgehead atoms. The number of hydrogen-bond donors (Lipinski definition) is 0. The molecule has 0 aromatic heterocycles. The van der Waals surface area contributed by atoms with E-state index in [0.717, 1.165) is 17.8 Å². The van der Waals surface area contributed by atoms with Gasteiger partial charge in [0.25, 0.3) is 0 Å². The van der Waals surface area contributed by atoms with Gasteiger partial charge in [-0.15, -0.1) is 0 Å². The SMILES string of the molecule is CC(C)[C@@H]1[CH]C[C@@H](C)CC1.[HH].[Sn].[c]1ccccc1.[c]1ccccc1. The van der Waals surface area contributed by atoms with Crippen LogP contribution in [0.3, 0.4) is 0 Å². The Morgan fingerprint density at radius 2 is 1.30 bits per heavy atom. The molecule has 1 aliphatic carbocycles. The van der Waals surface area contributed by atoms with Gasteiger partial charge < -0.3 is 0 Å². The van der Waals surface area contributed by atoms with Gasteiger partial charge in [0.15, 0.2) is 0 Å². The predicted molar refractivity (Wildman–Crippen MR) is 104 cm³/mol. The Kier molecular flexibility index (Phi) is 14.3. The first-order valence-corrected chi connectivity index (χ1v) is 8.35. The fourth-order valence-electron chi connectivity index (χ4n) is 2.41. The van der Waals surface area contributed by atoms with Crippen molar-refractivity contribution in [3.05, 3.63) is 79.2 Å². The summed E-state index contributed by atoms with van der Waals surface area (Å²) < 4.78 is 0. The maximum atomic E-state index is 2.89. The van der Waals surface area contributed by atoms with Crippen LogP contribution in [0, 0.1) is 36.3 Å². The minimum atomic E-state index is 0. The minimum Gasteiger partial charge on any atom is -0.0625 e. The maximum absolute atomic E-state index is 2.89. The molecule has 0 unspecified atom stereocenters. The molecule has 0 heterocycles. The second-order valence-electron chi connectivity index (χ2n) is 6.22. The van der Waals surface area contributed by atoms with Crippen molar-refractivity contribution in [3.8, 4) is 0 Å². The van der Waals surface area contributed by atoms with E-state index in [9.17, 15) is 0 Å². The van der Waals surface area contributed by atoms with Gasteiger partial charge in [-0.25, -0.2) is 0 Å². The van der Waals surface area contributed by atoms with E-state index in [1.807, 2.05) is 60.7 Å². The summed E-state index contributed by atoms with van der Waals surface area (Å²) in [6.45, 7) is 7.02. The average molecular weight is 414 g/mol. The summed E-state index contributed by atoms with van der Waals surface area (Å²) in [7, 11) is 0. The van der Waals surface area contributed by atoms with Gasteiger partial charge in [-0.05, 0) is 49.1 Å². The molecule has 0 aliphatic heterocycles. The van der Waals surface area contributed by atoms with Crippen LogP contribution >= 0.6 is 0 Å². The molecular weight excluding hydrogens is 383 g/mol. The molecule has 1 heteroatoms. The van der Waals surface area contributed by atoms with E-state index < -0.39 is 0 Å². The summed E-state index contributed by atoms with van der Waals surface area (Å²) in [5.74, 6) is 2.73. The zero-order chi connectivity index (χ0) is 16.0. The molecule has 2 atom stereocenters. The first-order valence-electron chi connectivity index (χ1n) is 8.35. The monoisotopic (exact) mass is 415 g/mol. The van der Waals surface area contributed by atoms with Gasteiger partial charge in [-0.2, -0.15) is 0 Å². The van der Waals surface area contributed by atoms with Crippen LogP contribution in [0.4, 0.5) is 0 Å². The van der Waals surface area contributed by atoms with Gasteiger partial charge in [0, 0.05) is 25.3 Å². The average Bonchev–Trinajstić information content (AvgIpc) is 2.59. The summed E-state index contributed by atoms with van der Waals surface area (Å²) in [6, 6.07) is 25.0. The van der Waals surface area contributed by atoms with Crippen LogP contribution in [-0.2, 0) is 0 Å². The van der Waals surface area contributed by atoms with Crippen LogP contribution < -0.4 is 0 Å². The van der Waals surface area contributed by atoms with Gasteiger partial charge in [-0.1, -0.05) is 87.9 Å². The molecule has 2 aromatic carbocycles. The van der Waals surface area contributed by atoms with Crippen LogP contribution in [0.1, 0.15) is 41.5 Å². The second kappa shape index (κ2) is 14.8. The van der Waals surface area contributed by atoms with Crippen molar-refractivity contribution in [2.24, 2.45) is 17.8 Å². The number of hydrogen-bond acceptors (Lipinski definition) is 0. The molecule has 0 spiro atoms. The van der Waals surface area contributed by atoms with E-state index in [0.29, 0.717) is 0 Å². The van der Waals surface area contributed by atoms with Crippen LogP contribution in [0.2, 0.25) is 0 Å².